The van der Waals surface area contributed by atoms with E-state index >= 15 is 0 Å². The van der Waals surface area contributed by atoms with Crippen LogP contribution in [0.25, 0.3) is 5.73 Å². The van der Waals surface area contributed by atoms with Crippen LogP contribution in [0.4, 0.5) is 0 Å². The summed E-state index contributed by atoms with van der Waals surface area (Å²) >= 11 is 0. The third-order valence-electron chi connectivity index (χ3n) is 1.30. The summed E-state index contributed by atoms with van der Waals surface area (Å²) in [6.45, 7) is 20.4. The van der Waals surface area contributed by atoms with E-state index in [0.717, 1.165) is 0 Å². The minimum atomic E-state index is -0.990. The van der Waals surface area contributed by atoms with Gasteiger partial charge in [-0.05, 0) is 30.2 Å². The molecular formula is C15H39IrN3O2P3+6. The SMILES string of the molecule is C[PH+](C)C.C[PH+](C)C.C[PH+](C)C.[Ir+3].[NH-]C(Cc1cnc[nH]1)C(=O)[OH2+]. The molecule has 0 aliphatic carbocycles. The Morgan fingerprint density at radius 3 is 1.62 bits per heavy atom. The van der Waals surface area contributed by atoms with Gasteiger partial charge in [0.05, 0.1) is 6.33 Å². The van der Waals surface area contributed by atoms with Crippen LogP contribution < -0.4 is 0 Å². The topological polar surface area (TPSA) is 92.4 Å². The van der Waals surface area contributed by atoms with E-state index < -0.39 is 12.0 Å². The van der Waals surface area contributed by atoms with Gasteiger partial charge in [0.15, 0.2) is 0 Å². The predicted octanol–water partition coefficient (Wildman–Crippen LogP) is 2.89. The number of carbonyl (C=O) groups excluding carboxylic acids is 1. The van der Waals surface area contributed by atoms with Crippen molar-refractivity contribution in [2.75, 3.05) is 60.0 Å². The Kier molecular flexibility index (Phi) is 29.1. The molecule has 0 aromatic carbocycles. The summed E-state index contributed by atoms with van der Waals surface area (Å²) in [5, 5.41) is 6.63. The van der Waals surface area contributed by atoms with E-state index in [-0.39, 0.29) is 50.3 Å². The van der Waals surface area contributed by atoms with Crippen LogP contribution in [0.15, 0.2) is 12.5 Å². The molecule has 9 heteroatoms. The normalized spacial score (nSPS) is 10.4. The second-order valence-electron chi connectivity index (χ2n) is 6.70. The Morgan fingerprint density at radius 1 is 1.08 bits per heavy atom. The molecule has 1 rings (SSSR count). The molecule has 1 heterocycles. The van der Waals surface area contributed by atoms with Gasteiger partial charge >= 0.3 is 26.1 Å². The van der Waals surface area contributed by atoms with Crippen LogP contribution >= 0.6 is 23.8 Å². The Bertz CT molecular complexity index is 342. The molecule has 0 aliphatic rings. The summed E-state index contributed by atoms with van der Waals surface area (Å²) in [7, 11) is 0.361. The first-order valence-electron chi connectivity index (χ1n) is 7.64. The molecular weight excluding hydrogens is 539 g/mol. The molecule has 1 atom stereocenters. The van der Waals surface area contributed by atoms with Crippen molar-refractivity contribution in [2.45, 2.75) is 12.5 Å². The molecule has 1 aromatic rings. The van der Waals surface area contributed by atoms with Gasteiger partial charge in [-0.1, -0.05) is 0 Å². The molecule has 0 aliphatic heterocycles. The fourth-order valence-electron chi connectivity index (χ4n) is 0.709. The average Bonchev–Trinajstić information content (AvgIpc) is 2.79. The van der Waals surface area contributed by atoms with E-state index in [1.165, 1.54) is 6.33 Å². The number of hydrogen-bond donors (Lipinski definition) is 1. The molecule has 0 saturated carbocycles. The number of imidazole rings is 1. The number of carbonyl (C=O) groups is 1. The molecule has 1 unspecified atom stereocenters. The fraction of sp³-hybridized carbons (Fsp3) is 0.733. The van der Waals surface area contributed by atoms with Gasteiger partial charge < -0.3 is 15.8 Å². The molecule has 0 spiro atoms. The van der Waals surface area contributed by atoms with E-state index in [4.69, 9.17) is 10.8 Å². The second kappa shape index (κ2) is 21.6. The zero-order valence-electron chi connectivity index (χ0n) is 16.6. The van der Waals surface area contributed by atoms with Crippen LogP contribution in [0.5, 0.6) is 0 Å². The Labute approximate surface area is 166 Å². The van der Waals surface area contributed by atoms with Gasteiger partial charge in [-0.3, -0.25) is 0 Å². The molecule has 5 nitrogen and oxygen atoms in total. The summed E-state index contributed by atoms with van der Waals surface area (Å²) in [5.74, 6) is -0.861. The first-order chi connectivity index (χ1) is 10.4. The average molecular weight is 579 g/mol. The smallest absolute Gasteiger partial charge is 0.660 e. The van der Waals surface area contributed by atoms with Gasteiger partial charge in [0, 0.05) is 82.7 Å². The quantitative estimate of drug-likeness (QED) is 0.442. The molecule has 0 bridgehead atoms. The summed E-state index contributed by atoms with van der Waals surface area (Å²) in [6, 6.07) is -0.990. The number of nitrogens with one attached hydrogen (secondary N) is 2. The fourth-order valence-corrected chi connectivity index (χ4v) is 0.709. The van der Waals surface area contributed by atoms with Gasteiger partial charge in [0.2, 0.25) is 0 Å². The van der Waals surface area contributed by atoms with Crippen molar-refractivity contribution >= 4 is 29.7 Å². The first kappa shape index (κ1) is 32.3. The summed E-state index contributed by atoms with van der Waals surface area (Å²) in [5.41, 5.74) is 7.83. The first-order valence-corrected chi connectivity index (χ1v) is 16.6. The molecule has 0 amide bonds. The van der Waals surface area contributed by atoms with Crippen molar-refractivity contribution in [1.29, 1.82) is 0 Å². The van der Waals surface area contributed by atoms with Crippen LogP contribution in [0.1, 0.15) is 5.69 Å². The summed E-state index contributed by atoms with van der Waals surface area (Å²) in [6.07, 6.45) is 3.27. The van der Waals surface area contributed by atoms with Crippen LogP contribution in [-0.2, 0) is 31.3 Å². The number of aromatic nitrogens is 2. The van der Waals surface area contributed by atoms with Gasteiger partial charge in [-0.25, -0.2) is 4.98 Å². The number of aromatic amines is 1. The van der Waals surface area contributed by atoms with Crippen LogP contribution in [0, 0.1) is 0 Å². The molecule has 0 radical (unpaired) electrons. The maximum atomic E-state index is 10.3. The Hall–Kier alpha value is 0.579. The number of rotatable bonds is 3. The van der Waals surface area contributed by atoms with E-state index in [2.05, 4.69) is 70.0 Å². The molecule has 144 valence electrons. The molecule has 4 N–H and O–H groups in total. The predicted molar refractivity (Wildman–Crippen MR) is 117 cm³/mol. The van der Waals surface area contributed by atoms with E-state index in [1.54, 1.807) is 6.20 Å². The summed E-state index contributed by atoms with van der Waals surface area (Å²) in [4.78, 5) is 16.8. The largest absolute Gasteiger partial charge is 3.00 e. The minimum absolute atomic E-state index is 0. The molecule has 1 aromatic heterocycles. The zero-order valence-corrected chi connectivity index (χ0v) is 22.0. The zero-order chi connectivity index (χ0) is 19.0. The third kappa shape index (κ3) is 43.3. The van der Waals surface area contributed by atoms with Gasteiger partial charge in [0.25, 0.3) is 0 Å². The maximum absolute atomic E-state index is 10.3. The maximum Gasteiger partial charge on any atom is 3.00 e. The van der Waals surface area contributed by atoms with Crippen molar-refractivity contribution in [3.05, 3.63) is 24.0 Å². The second-order valence-corrected chi connectivity index (χ2v) is 15.7. The van der Waals surface area contributed by atoms with E-state index in [1.807, 2.05) is 0 Å². The van der Waals surface area contributed by atoms with Crippen LogP contribution in [0.2, 0.25) is 0 Å². The van der Waals surface area contributed by atoms with Crippen LogP contribution in [0.3, 0.4) is 0 Å². The standard InChI is InChI=1S/C6H8N3O2.3C3H9P.Ir/c7-5(6(10)11)1-4-2-8-3-9-4;3*1-4(2)3;/h2-3,5,7H,1H2,(H,8,9)(H,10,11);3*1-3H3;/q-1;;;;+3/p+4. The van der Waals surface area contributed by atoms with Crippen molar-refractivity contribution in [3.8, 4) is 0 Å². The van der Waals surface area contributed by atoms with E-state index in [0.29, 0.717) is 5.69 Å². The Balaban J connectivity index is -0.000000130. The van der Waals surface area contributed by atoms with Crippen molar-refractivity contribution < 1.29 is 30.0 Å². The summed E-state index contributed by atoms with van der Waals surface area (Å²) < 4.78 is 0. The van der Waals surface area contributed by atoms with Crippen molar-refractivity contribution in [1.82, 2.24) is 9.97 Å². The van der Waals surface area contributed by atoms with Crippen molar-refractivity contribution in [2.24, 2.45) is 0 Å². The number of H-pyrrole nitrogens is 1. The van der Waals surface area contributed by atoms with Crippen LogP contribution in [-0.4, -0.2) is 87.1 Å². The van der Waals surface area contributed by atoms with Gasteiger partial charge in [-0.15, -0.1) is 0 Å². The van der Waals surface area contributed by atoms with E-state index in [9.17, 15) is 4.79 Å². The number of nitrogens with zero attached hydrogens (tertiary/aromatic N) is 1. The molecule has 24 heavy (non-hydrogen) atoms. The number of hydrogen-bond acceptors (Lipinski definition) is 2. The van der Waals surface area contributed by atoms with Gasteiger partial charge in [-0.2, -0.15) is 0 Å². The monoisotopic (exact) mass is 579 g/mol. The molecule has 0 fully saturated rings. The molecule has 0 saturated heterocycles. The third-order valence-corrected chi connectivity index (χ3v) is 1.30. The van der Waals surface area contributed by atoms with Gasteiger partial charge in [0.1, 0.15) is 0 Å². The minimum Gasteiger partial charge on any atom is -0.660 e. The van der Waals surface area contributed by atoms with Crippen molar-refractivity contribution in [3.63, 3.8) is 0 Å². The Morgan fingerprint density at radius 2 is 1.42 bits per heavy atom.